The molecule has 514 valence electrons. The number of carboxylic acids is 1. The molecule has 0 fully saturated rings. The lowest BCUT2D eigenvalue weighted by atomic mass is 10.0. The second-order valence-electron chi connectivity index (χ2n) is 25.5. The third kappa shape index (κ3) is 70.9. The second-order valence-corrected chi connectivity index (χ2v) is 25.5. The summed E-state index contributed by atoms with van der Waals surface area (Å²) in [5.74, 6) is -2.33. The number of quaternary nitrogens is 1. The molecule has 90 heavy (non-hydrogen) atoms. The number of allylic oxidation sites excluding steroid dienone is 22. The molecule has 9 nitrogen and oxygen atoms in total. The molecule has 2 unspecified atom stereocenters. The summed E-state index contributed by atoms with van der Waals surface area (Å²) < 4.78 is 22.8. The zero-order chi connectivity index (χ0) is 65.4. The molecule has 9 heteroatoms. The maximum atomic E-state index is 12.9. The first kappa shape index (κ1) is 85.4. The van der Waals surface area contributed by atoms with Gasteiger partial charge in [0.2, 0.25) is 0 Å². The van der Waals surface area contributed by atoms with E-state index in [4.69, 9.17) is 18.9 Å². The molecule has 0 heterocycles. The summed E-state index contributed by atoms with van der Waals surface area (Å²) in [5.41, 5.74) is 0. The van der Waals surface area contributed by atoms with Crippen LogP contribution in [0.2, 0.25) is 0 Å². The molecule has 0 aliphatic heterocycles. The first-order valence-electron chi connectivity index (χ1n) is 36.8. The highest BCUT2D eigenvalue weighted by Gasteiger charge is 2.22. The van der Waals surface area contributed by atoms with Crippen LogP contribution < -0.4 is 5.11 Å². The average molecular weight is 1250 g/mol. The van der Waals surface area contributed by atoms with E-state index < -0.39 is 24.3 Å². The van der Waals surface area contributed by atoms with E-state index >= 15 is 0 Å². The average Bonchev–Trinajstić information content (AvgIpc) is 3.74. The largest absolute Gasteiger partial charge is 0.545 e. The van der Waals surface area contributed by atoms with Gasteiger partial charge in [-0.3, -0.25) is 9.59 Å². The summed E-state index contributed by atoms with van der Waals surface area (Å²) in [6.07, 6.45) is 98.3. The van der Waals surface area contributed by atoms with Crippen molar-refractivity contribution < 1.29 is 42.9 Å². The summed E-state index contributed by atoms with van der Waals surface area (Å²) >= 11 is 0. The lowest BCUT2D eigenvalue weighted by Gasteiger charge is -2.26. The Labute approximate surface area is 554 Å². The van der Waals surface area contributed by atoms with Crippen LogP contribution in [0.1, 0.15) is 303 Å². The number of ether oxygens (including phenoxy) is 4. The Hall–Kier alpha value is -4.57. The van der Waals surface area contributed by atoms with E-state index in [1.807, 2.05) is 21.1 Å². The standard InChI is InChI=1S/C81H137NO8/c1-6-8-10-12-14-16-18-20-22-24-26-28-30-32-34-36-37-38-39-40-41-42-43-44-46-48-50-52-54-56-58-60-62-64-66-68-70-72-79(84)90-77(76-89-81(80(85)86)87-74-73-82(3,4)5)75-88-78(83)71-69-67-65-63-61-59-57-55-53-51-49-47-45-35-33-31-29-27-25-23-21-19-17-15-13-11-9-7-2/h8,10,14,16,20,22,26,28,32,34,37-38,40-41,43-44,48,50,54,56,60,62,77,81H,6-7,9,11-13,15,17-19,21,23-25,27,29-31,33,35-36,39,42,45-47,49,51-53,55,57-59,61,63-76H2,1-5H3/b10-8-,16-14-,22-20-,28-26-,34-32-,38-37-,41-40-,44-43-,50-48-,56-54-,62-60-. The molecule has 0 aliphatic carbocycles. The number of nitrogens with zero attached hydrogens (tertiary/aromatic N) is 1. The second kappa shape index (κ2) is 70.3. The van der Waals surface area contributed by atoms with Crippen molar-refractivity contribution in [2.45, 2.75) is 315 Å². The lowest BCUT2D eigenvalue weighted by molar-refractivity contribution is -0.870. The number of carboxylic acid groups (broad SMARTS) is 1. The molecule has 0 bridgehead atoms. The Bertz CT molecular complexity index is 1940. The molecule has 0 rings (SSSR count). The molecular formula is C81H137NO8. The molecule has 0 aliphatic rings. The van der Waals surface area contributed by atoms with Crippen LogP contribution in [0.3, 0.4) is 0 Å². The highest BCUT2D eigenvalue weighted by molar-refractivity contribution is 5.70. The Morgan fingerprint density at radius 3 is 0.944 bits per heavy atom. The van der Waals surface area contributed by atoms with E-state index in [9.17, 15) is 19.5 Å². The maximum absolute atomic E-state index is 12.9. The van der Waals surface area contributed by atoms with Crippen LogP contribution >= 0.6 is 0 Å². The van der Waals surface area contributed by atoms with Gasteiger partial charge in [-0.1, -0.05) is 327 Å². The van der Waals surface area contributed by atoms with Gasteiger partial charge < -0.3 is 33.3 Å². The van der Waals surface area contributed by atoms with E-state index in [1.54, 1.807) is 0 Å². The zero-order valence-corrected chi connectivity index (χ0v) is 58.7. The number of esters is 2. The van der Waals surface area contributed by atoms with Gasteiger partial charge in [0.1, 0.15) is 13.2 Å². The van der Waals surface area contributed by atoms with E-state index in [-0.39, 0.29) is 38.6 Å². The van der Waals surface area contributed by atoms with Crippen LogP contribution in [0.25, 0.3) is 0 Å². The van der Waals surface area contributed by atoms with Gasteiger partial charge in [-0.05, 0) is 96.3 Å². The Kier molecular flexibility index (Phi) is 66.7. The zero-order valence-electron chi connectivity index (χ0n) is 58.7. The van der Waals surface area contributed by atoms with Crippen molar-refractivity contribution in [1.82, 2.24) is 0 Å². The number of carbonyl (C=O) groups is 3. The number of unbranched alkanes of at least 4 members (excludes halogenated alkanes) is 30. The SMILES string of the molecule is CC/C=C\C/C=C\C/C=C\C/C=C\C/C=C\C/C=C\C/C=C\C/C=C\C/C=C\C/C=C\C/C=C\CCCCCC(=O)OC(COC(=O)CCCCCCCCCCCCCCCCCCCCCCCCCCCCCC)COC(OCC[N+](C)(C)C)C(=O)[O-]. The lowest BCUT2D eigenvalue weighted by Crippen LogP contribution is -2.44. The fraction of sp³-hybridized carbons (Fsp3) is 0.691. The molecule has 0 saturated heterocycles. The Morgan fingerprint density at radius 2 is 0.633 bits per heavy atom. The Morgan fingerprint density at radius 1 is 0.344 bits per heavy atom. The van der Waals surface area contributed by atoms with Crippen LogP contribution in [-0.4, -0.2) is 82.3 Å². The monoisotopic (exact) mass is 1250 g/mol. The van der Waals surface area contributed by atoms with Crippen molar-refractivity contribution in [3.05, 3.63) is 134 Å². The number of likely N-dealkylation sites (N-methyl/N-ethyl adjacent to an activating group) is 1. The highest BCUT2D eigenvalue weighted by atomic mass is 16.7. The number of hydrogen-bond donors (Lipinski definition) is 0. The van der Waals surface area contributed by atoms with Gasteiger partial charge in [0, 0.05) is 12.8 Å². The minimum atomic E-state index is -1.64. The molecule has 0 saturated carbocycles. The summed E-state index contributed by atoms with van der Waals surface area (Å²) in [5, 5.41) is 11.8. The quantitative estimate of drug-likeness (QED) is 0.0195. The van der Waals surface area contributed by atoms with E-state index in [2.05, 4.69) is 148 Å². The fourth-order valence-corrected chi connectivity index (χ4v) is 10.1. The molecule has 0 aromatic heterocycles. The predicted molar refractivity (Wildman–Crippen MR) is 384 cm³/mol. The summed E-state index contributed by atoms with van der Waals surface area (Å²) in [6, 6.07) is 0. The van der Waals surface area contributed by atoms with Gasteiger partial charge in [0.25, 0.3) is 0 Å². The molecule has 0 N–H and O–H groups in total. The Balaban J connectivity index is 4.21. The van der Waals surface area contributed by atoms with Crippen molar-refractivity contribution in [3.8, 4) is 0 Å². The minimum absolute atomic E-state index is 0.135. The molecule has 0 spiro atoms. The topological polar surface area (TPSA) is 111 Å². The van der Waals surface area contributed by atoms with Crippen molar-refractivity contribution in [2.75, 3.05) is 47.5 Å². The van der Waals surface area contributed by atoms with Crippen LogP contribution in [-0.2, 0) is 33.3 Å². The third-order valence-electron chi connectivity index (χ3n) is 15.7. The number of hydrogen-bond acceptors (Lipinski definition) is 8. The van der Waals surface area contributed by atoms with Gasteiger partial charge >= 0.3 is 11.9 Å². The summed E-state index contributed by atoms with van der Waals surface area (Å²) in [7, 11) is 5.92. The maximum Gasteiger partial charge on any atom is 0.306 e. The minimum Gasteiger partial charge on any atom is -0.545 e. The van der Waals surface area contributed by atoms with E-state index in [0.29, 0.717) is 17.4 Å². The van der Waals surface area contributed by atoms with Crippen molar-refractivity contribution in [1.29, 1.82) is 0 Å². The molecule has 2 atom stereocenters. The van der Waals surface area contributed by atoms with Crippen LogP contribution in [0.15, 0.2) is 134 Å². The summed E-state index contributed by atoms with van der Waals surface area (Å²) in [4.78, 5) is 37.5. The molecule has 0 aromatic rings. The van der Waals surface area contributed by atoms with Crippen molar-refractivity contribution in [2.24, 2.45) is 0 Å². The number of aliphatic carboxylic acids is 1. The van der Waals surface area contributed by atoms with E-state index in [1.165, 1.54) is 161 Å². The number of carbonyl (C=O) groups excluding carboxylic acids is 3. The van der Waals surface area contributed by atoms with Gasteiger partial charge in [-0.25, -0.2) is 0 Å². The summed E-state index contributed by atoms with van der Waals surface area (Å²) in [6.45, 7) is 4.62. The fourth-order valence-electron chi connectivity index (χ4n) is 10.1. The number of rotatable bonds is 67. The van der Waals surface area contributed by atoms with Crippen molar-refractivity contribution in [3.63, 3.8) is 0 Å². The molecule has 0 amide bonds. The van der Waals surface area contributed by atoms with Gasteiger partial charge in [-0.2, -0.15) is 0 Å². The van der Waals surface area contributed by atoms with Crippen molar-refractivity contribution >= 4 is 17.9 Å². The molecule has 0 aromatic carbocycles. The van der Waals surface area contributed by atoms with Crippen LogP contribution in [0, 0.1) is 0 Å². The van der Waals surface area contributed by atoms with Gasteiger partial charge in [-0.15, -0.1) is 0 Å². The first-order chi connectivity index (χ1) is 44.1. The van der Waals surface area contributed by atoms with Crippen LogP contribution in [0.5, 0.6) is 0 Å². The molecular weight excluding hydrogens is 1110 g/mol. The highest BCUT2D eigenvalue weighted by Crippen LogP contribution is 2.18. The normalized spacial score (nSPS) is 13.5. The van der Waals surface area contributed by atoms with Crippen LogP contribution in [0.4, 0.5) is 0 Å². The van der Waals surface area contributed by atoms with Gasteiger partial charge in [0.05, 0.1) is 40.3 Å². The van der Waals surface area contributed by atoms with E-state index in [0.717, 1.165) is 109 Å². The predicted octanol–water partition coefficient (Wildman–Crippen LogP) is 22.0. The third-order valence-corrected chi connectivity index (χ3v) is 15.7. The smallest absolute Gasteiger partial charge is 0.306 e. The molecule has 0 radical (unpaired) electrons. The van der Waals surface area contributed by atoms with Gasteiger partial charge in [0.15, 0.2) is 12.4 Å². The first-order valence-corrected chi connectivity index (χ1v) is 36.8.